The molecule has 0 aliphatic rings. The van der Waals surface area contributed by atoms with Crippen LogP contribution in [0.3, 0.4) is 0 Å². The van der Waals surface area contributed by atoms with E-state index in [1.807, 2.05) is 12.1 Å². The van der Waals surface area contributed by atoms with Crippen LogP contribution in [0.15, 0.2) is 45.6 Å². The molecule has 1 aromatic carbocycles. The van der Waals surface area contributed by atoms with Gasteiger partial charge in [0.25, 0.3) is 0 Å². The summed E-state index contributed by atoms with van der Waals surface area (Å²) >= 11 is 0. The quantitative estimate of drug-likeness (QED) is 0.320. The molecule has 0 amide bonds. The van der Waals surface area contributed by atoms with Gasteiger partial charge in [-0.2, -0.15) is 0 Å². The van der Waals surface area contributed by atoms with Crippen molar-refractivity contribution in [2.45, 2.75) is 33.1 Å². The van der Waals surface area contributed by atoms with Gasteiger partial charge < -0.3 is 13.9 Å². The fourth-order valence-corrected chi connectivity index (χ4v) is 2.31. The summed E-state index contributed by atoms with van der Waals surface area (Å²) in [5.41, 5.74) is 1.54. The molecule has 24 heavy (non-hydrogen) atoms. The van der Waals surface area contributed by atoms with Gasteiger partial charge in [0.1, 0.15) is 11.3 Å². The lowest BCUT2D eigenvalue weighted by Gasteiger charge is -2.09. The average molecular weight is 330 g/mol. The van der Waals surface area contributed by atoms with Crippen molar-refractivity contribution in [3.05, 3.63) is 52.4 Å². The van der Waals surface area contributed by atoms with Gasteiger partial charge >= 0.3 is 11.6 Å². The number of hydrogen-bond donors (Lipinski definition) is 0. The zero-order chi connectivity index (χ0) is 17.5. The van der Waals surface area contributed by atoms with Crippen LogP contribution in [0.5, 0.6) is 5.75 Å². The van der Waals surface area contributed by atoms with Gasteiger partial charge in [-0.3, -0.25) is 0 Å². The van der Waals surface area contributed by atoms with E-state index in [1.54, 1.807) is 19.1 Å². The first-order chi connectivity index (χ1) is 11.5. The van der Waals surface area contributed by atoms with Crippen molar-refractivity contribution in [1.82, 2.24) is 0 Å². The summed E-state index contributed by atoms with van der Waals surface area (Å²) in [6.07, 6.45) is 2.35. The lowest BCUT2D eigenvalue weighted by molar-refractivity contribution is -0.139. The van der Waals surface area contributed by atoms with Crippen molar-refractivity contribution in [2.75, 3.05) is 13.2 Å². The maximum absolute atomic E-state index is 11.6. The van der Waals surface area contributed by atoms with Crippen LogP contribution in [-0.4, -0.2) is 19.2 Å². The summed E-state index contributed by atoms with van der Waals surface area (Å²) in [5, 5.41) is 0.930. The third-order valence-corrected chi connectivity index (χ3v) is 3.46. The summed E-state index contributed by atoms with van der Waals surface area (Å²) in [4.78, 5) is 22.9. The number of benzene rings is 1. The van der Waals surface area contributed by atoms with Gasteiger partial charge in [-0.25, -0.2) is 9.59 Å². The van der Waals surface area contributed by atoms with E-state index in [0.29, 0.717) is 29.9 Å². The summed E-state index contributed by atoms with van der Waals surface area (Å²) in [6, 6.07) is 7.01. The van der Waals surface area contributed by atoms with Crippen LogP contribution in [0, 0.1) is 0 Å². The highest BCUT2D eigenvalue weighted by Crippen LogP contribution is 2.23. The Bertz CT molecular complexity index is 788. The lowest BCUT2D eigenvalue weighted by atomic mass is 10.1. The Morgan fingerprint density at radius 3 is 2.75 bits per heavy atom. The average Bonchev–Trinajstić information content (AvgIpc) is 2.54. The van der Waals surface area contributed by atoms with E-state index in [2.05, 4.69) is 13.5 Å². The van der Waals surface area contributed by atoms with Crippen molar-refractivity contribution >= 4 is 16.9 Å². The van der Waals surface area contributed by atoms with E-state index in [0.717, 1.165) is 23.8 Å². The highest BCUT2D eigenvalue weighted by atomic mass is 16.5. The minimum absolute atomic E-state index is 0.273. The van der Waals surface area contributed by atoms with Crippen LogP contribution < -0.4 is 10.4 Å². The van der Waals surface area contributed by atoms with Gasteiger partial charge in [0.05, 0.1) is 13.2 Å². The summed E-state index contributed by atoms with van der Waals surface area (Å²) < 4.78 is 15.9. The number of fused-ring (bicyclic) bond motifs is 1. The van der Waals surface area contributed by atoms with Gasteiger partial charge in [0.15, 0.2) is 0 Å². The van der Waals surface area contributed by atoms with Crippen molar-refractivity contribution < 1.29 is 18.7 Å². The van der Waals surface area contributed by atoms with E-state index >= 15 is 0 Å². The molecule has 0 aliphatic heterocycles. The van der Waals surface area contributed by atoms with E-state index in [1.165, 1.54) is 0 Å². The number of hydrogen-bond acceptors (Lipinski definition) is 5. The molecular weight excluding hydrogens is 308 g/mol. The summed E-state index contributed by atoms with van der Waals surface area (Å²) in [7, 11) is 0. The van der Waals surface area contributed by atoms with Gasteiger partial charge in [-0.1, -0.05) is 19.9 Å². The van der Waals surface area contributed by atoms with Crippen LogP contribution >= 0.6 is 0 Å². The zero-order valence-electron chi connectivity index (χ0n) is 14.1. The number of esters is 1. The largest absolute Gasteiger partial charge is 0.493 e. The van der Waals surface area contributed by atoms with Crippen molar-refractivity contribution in [3.63, 3.8) is 0 Å². The first kappa shape index (κ1) is 17.8. The van der Waals surface area contributed by atoms with Crippen LogP contribution in [-0.2, 0) is 16.0 Å². The second-order valence-electron chi connectivity index (χ2n) is 5.62. The molecule has 0 aliphatic carbocycles. The molecule has 2 aromatic rings. The Hall–Kier alpha value is -2.56. The molecule has 0 N–H and O–H groups in total. The molecule has 0 unspecified atom stereocenters. The van der Waals surface area contributed by atoms with Crippen LogP contribution in [0.4, 0.5) is 0 Å². The number of rotatable bonds is 8. The number of carbonyl (C=O) groups is 1. The first-order valence-corrected chi connectivity index (χ1v) is 8.03. The van der Waals surface area contributed by atoms with Crippen molar-refractivity contribution in [3.8, 4) is 5.75 Å². The molecule has 0 radical (unpaired) electrons. The predicted molar refractivity (Wildman–Crippen MR) is 92.4 cm³/mol. The van der Waals surface area contributed by atoms with E-state index in [9.17, 15) is 9.59 Å². The normalized spacial score (nSPS) is 10.6. The Morgan fingerprint density at radius 2 is 2.04 bits per heavy atom. The molecule has 0 bridgehead atoms. The Balaban J connectivity index is 1.97. The van der Waals surface area contributed by atoms with E-state index in [4.69, 9.17) is 13.9 Å². The van der Waals surface area contributed by atoms with Crippen LogP contribution in [0.1, 0.15) is 32.3 Å². The van der Waals surface area contributed by atoms with Gasteiger partial charge in [0, 0.05) is 29.5 Å². The van der Waals surface area contributed by atoms with E-state index in [-0.39, 0.29) is 12.2 Å². The Morgan fingerprint density at radius 1 is 1.25 bits per heavy atom. The fourth-order valence-electron chi connectivity index (χ4n) is 2.31. The minimum atomic E-state index is -0.397. The second-order valence-corrected chi connectivity index (χ2v) is 5.62. The molecule has 1 aromatic heterocycles. The third-order valence-electron chi connectivity index (χ3n) is 3.46. The highest BCUT2D eigenvalue weighted by molar-refractivity contribution is 5.86. The molecule has 0 saturated heterocycles. The second kappa shape index (κ2) is 8.34. The summed E-state index contributed by atoms with van der Waals surface area (Å²) in [5.74, 6) is 0.219. The molecule has 1 heterocycles. The topological polar surface area (TPSA) is 65.7 Å². The van der Waals surface area contributed by atoms with Crippen molar-refractivity contribution in [1.29, 1.82) is 0 Å². The molecular formula is C19H22O5. The maximum atomic E-state index is 11.6. The molecule has 0 atom stereocenters. The number of ether oxygens (including phenoxy) is 2. The molecule has 2 rings (SSSR count). The molecule has 0 spiro atoms. The molecule has 5 heteroatoms. The monoisotopic (exact) mass is 330 g/mol. The van der Waals surface area contributed by atoms with Crippen LogP contribution in [0.2, 0.25) is 0 Å². The zero-order valence-corrected chi connectivity index (χ0v) is 14.1. The SMILES string of the molecule is C=C(C)C(=O)OCCCOc1ccc2c(CCC)cc(=O)oc2c1. The fraction of sp³-hybridized carbons (Fsp3) is 0.368. The first-order valence-electron chi connectivity index (χ1n) is 8.03. The minimum Gasteiger partial charge on any atom is -0.493 e. The molecule has 0 saturated carbocycles. The Labute approximate surface area is 140 Å². The highest BCUT2D eigenvalue weighted by Gasteiger charge is 2.07. The number of carbonyl (C=O) groups excluding carboxylic acids is 1. The van der Waals surface area contributed by atoms with Gasteiger partial charge in [-0.15, -0.1) is 0 Å². The molecule has 128 valence electrons. The molecule has 5 nitrogen and oxygen atoms in total. The maximum Gasteiger partial charge on any atom is 0.336 e. The van der Waals surface area contributed by atoms with Crippen molar-refractivity contribution in [2.24, 2.45) is 0 Å². The number of aryl methyl sites for hydroxylation is 1. The van der Waals surface area contributed by atoms with Crippen LogP contribution in [0.25, 0.3) is 11.0 Å². The molecule has 0 fully saturated rings. The standard InChI is InChI=1S/C19H22O5/c1-4-6-14-11-18(20)24-17-12-15(7-8-16(14)17)22-9-5-10-23-19(21)13(2)3/h7-8,11-12H,2,4-6,9-10H2,1,3H3. The Kier molecular flexibility index (Phi) is 6.18. The summed E-state index contributed by atoms with van der Waals surface area (Å²) in [6.45, 7) is 7.86. The third kappa shape index (κ3) is 4.72. The smallest absolute Gasteiger partial charge is 0.336 e. The van der Waals surface area contributed by atoms with E-state index < -0.39 is 5.97 Å². The predicted octanol–water partition coefficient (Wildman–Crippen LogP) is 3.63. The van der Waals surface area contributed by atoms with Gasteiger partial charge in [0.2, 0.25) is 0 Å². The lowest BCUT2D eigenvalue weighted by Crippen LogP contribution is -2.09. The van der Waals surface area contributed by atoms with Gasteiger partial charge in [-0.05, 0) is 31.0 Å².